The van der Waals surface area contributed by atoms with E-state index in [-0.39, 0.29) is 24.3 Å². The lowest BCUT2D eigenvalue weighted by atomic mass is 9.97. The van der Waals surface area contributed by atoms with Gasteiger partial charge in [0.15, 0.2) is 5.78 Å². The second-order valence-corrected chi connectivity index (χ2v) is 14.1. The molecule has 0 fully saturated rings. The van der Waals surface area contributed by atoms with Crippen molar-refractivity contribution in [3.8, 4) is 5.75 Å². The minimum Gasteiger partial charge on any atom is -0.497 e. The van der Waals surface area contributed by atoms with Crippen LogP contribution in [0.25, 0.3) is 0 Å². The Labute approximate surface area is 195 Å². The van der Waals surface area contributed by atoms with Gasteiger partial charge in [-0.05, 0) is 29.3 Å². The highest BCUT2D eigenvalue weighted by Crippen LogP contribution is 2.20. The van der Waals surface area contributed by atoms with Gasteiger partial charge in [-0.15, -0.1) is 0 Å². The van der Waals surface area contributed by atoms with Crippen molar-refractivity contribution >= 4 is 25.0 Å². The third-order valence-corrected chi connectivity index (χ3v) is 7.55. The number of ketones is 1. The van der Waals surface area contributed by atoms with Crippen molar-refractivity contribution in [1.29, 1.82) is 0 Å². The number of carbonyl (C=O) groups is 2. The number of carbonyl (C=O) groups excluding carboxylic acids is 2. The maximum absolute atomic E-state index is 13.3. The van der Waals surface area contributed by atoms with E-state index >= 15 is 0 Å². The molecule has 3 aromatic rings. The predicted molar refractivity (Wildman–Crippen MR) is 133 cm³/mol. The zero-order valence-electron chi connectivity index (χ0n) is 19.5. The molecule has 0 spiro atoms. The van der Waals surface area contributed by atoms with Gasteiger partial charge < -0.3 is 14.6 Å². The van der Waals surface area contributed by atoms with Crippen LogP contribution >= 0.6 is 0 Å². The summed E-state index contributed by atoms with van der Waals surface area (Å²) in [6.07, 6.45) is 1.74. The zero-order valence-corrected chi connectivity index (χ0v) is 20.5. The van der Waals surface area contributed by atoms with Crippen LogP contribution in [0.3, 0.4) is 0 Å². The SMILES string of the molecule is COc1ccc(C(NC(=O)Cn2ccccc2=O)C(=O)Cc2ccc([Si](C)(C)C)cc2)cc1. The fourth-order valence-corrected chi connectivity index (χ4v) is 4.69. The molecule has 0 radical (unpaired) electrons. The summed E-state index contributed by atoms with van der Waals surface area (Å²) >= 11 is 0. The van der Waals surface area contributed by atoms with Gasteiger partial charge >= 0.3 is 0 Å². The summed E-state index contributed by atoms with van der Waals surface area (Å²) < 4.78 is 6.52. The van der Waals surface area contributed by atoms with E-state index in [2.05, 4.69) is 37.1 Å². The van der Waals surface area contributed by atoms with Crippen LogP contribution in [-0.4, -0.2) is 31.4 Å². The standard InChI is InChI=1S/C26H30N2O4Si/c1-32-21-12-10-20(11-13-21)26(27-24(30)18-28-16-6-5-7-25(28)31)23(29)17-19-8-14-22(15-9-19)33(2,3)4/h5-16,26H,17-18H2,1-4H3,(H,27,30). The van der Waals surface area contributed by atoms with Crippen LogP contribution in [0.1, 0.15) is 17.2 Å². The van der Waals surface area contributed by atoms with Gasteiger partial charge in [0.25, 0.3) is 5.56 Å². The van der Waals surface area contributed by atoms with E-state index in [0.29, 0.717) is 11.3 Å². The second kappa shape index (κ2) is 10.4. The highest BCUT2D eigenvalue weighted by molar-refractivity contribution is 6.88. The lowest BCUT2D eigenvalue weighted by Gasteiger charge is -2.20. The first-order valence-electron chi connectivity index (χ1n) is 10.9. The molecule has 1 N–H and O–H groups in total. The van der Waals surface area contributed by atoms with Gasteiger partial charge in [0.05, 0.1) is 15.2 Å². The summed E-state index contributed by atoms with van der Waals surface area (Å²) in [6.45, 7) is 6.67. The van der Waals surface area contributed by atoms with Gasteiger partial charge in [-0.1, -0.05) is 67.3 Å². The number of hydrogen-bond acceptors (Lipinski definition) is 4. The van der Waals surface area contributed by atoms with Crippen molar-refractivity contribution in [2.75, 3.05) is 7.11 Å². The summed E-state index contributed by atoms with van der Waals surface area (Å²) in [4.78, 5) is 38.0. The first-order valence-corrected chi connectivity index (χ1v) is 14.4. The predicted octanol–water partition coefficient (Wildman–Crippen LogP) is 3.07. The Morgan fingerprint density at radius 1 is 0.970 bits per heavy atom. The molecule has 0 saturated heterocycles. The molecular weight excluding hydrogens is 432 g/mol. The number of ether oxygens (including phenoxy) is 1. The molecule has 172 valence electrons. The van der Waals surface area contributed by atoms with Crippen molar-refractivity contribution in [2.45, 2.75) is 38.6 Å². The molecule has 2 aromatic carbocycles. The molecule has 1 atom stereocenters. The van der Waals surface area contributed by atoms with Gasteiger partial charge in [0.2, 0.25) is 5.91 Å². The van der Waals surface area contributed by atoms with Crippen LogP contribution < -0.4 is 20.8 Å². The minimum atomic E-state index is -1.43. The fourth-order valence-electron chi connectivity index (χ4n) is 3.52. The average molecular weight is 463 g/mol. The maximum Gasteiger partial charge on any atom is 0.250 e. The molecular formula is C26H30N2O4Si. The molecule has 0 aliphatic carbocycles. The number of hydrogen-bond donors (Lipinski definition) is 1. The molecule has 1 aromatic heterocycles. The summed E-state index contributed by atoms with van der Waals surface area (Å²) in [5, 5.41) is 4.15. The zero-order chi connectivity index (χ0) is 24.0. The number of pyridine rings is 1. The fraction of sp³-hybridized carbons (Fsp3) is 0.269. The van der Waals surface area contributed by atoms with Crippen LogP contribution in [0.5, 0.6) is 5.75 Å². The lowest BCUT2D eigenvalue weighted by Crippen LogP contribution is -2.38. The van der Waals surface area contributed by atoms with Crippen LogP contribution in [0.2, 0.25) is 19.6 Å². The van der Waals surface area contributed by atoms with Crippen LogP contribution in [-0.2, 0) is 22.6 Å². The molecule has 6 nitrogen and oxygen atoms in total. The van der Waals surface area contributed by atoms with Crippen LogP contribution in [0, 0.1) is 0 Å². The van der Waals surface area contributed by atoms with Crippen molar-refractivity contribution < 1.29 is 14.3 Å². The number of methoxy groups -OCH3 is 1. The second-order valence-electron chi connectivity index (χ2n) is 9.03. The number of benzene rings is 2. The Balaban J connectivity index is 1.81. The highest BCUT2D eigenvalue weighted by Gasteiger charge is 2.24. The molecule has 0 aliphatic heterocycles. The Kier molecular flexibility index (Phi) is 7.66. The lowest BCUT2D eigenvalue weighted by molar-refractivity contribution is -0.128. The van der Waals surface area contributed by atoms with Gasteiger partial charge in [0.1, 0.15) is 18.3 Å². The van der Waals surface area contributed by atoms with Crippen molar-refractivity contribution in [3.05, 3.63) is 94.4 Å². The average Bonchev–Trinajstić information content (AvgIpc) is 2.79. The molecule has 0 saturated carbocycles. The topological polar surface area (TPSA) is 77.4 Å². The Bertz CT molecular complexity index is 1160. The van der Waals surface area contributed by atoms with E-state index in [1.807, 2.05) is 12.1 Å². The van der Waals surface area contributed by atoms with Crippen molar-refractivity contribution in [2.24, 2.45) is 0 Å². The Morgan fingerprint density at radius 3 is 2.21 bits per heavy atom. The first kappa shape index (κ1) is 24.2. The molecule has 1 unspecified atom stereocenters. The number of nitrogens with one attached hydrogen (secondary N) is 1. The van der Waals surface area contributed by atoms with E-state index in [1.165, 1.54) is 15.8 Å². The van der Waals surface area contributed by atoms with Crippen LogP contribution in [0.4, 0.5) is 0 Å². The highest BCUT2D eigenvalue weighted by atomic mass is 28.3. The molecule has 0 bridgehead atoms. The summed E-state index contributed by atoms with van der Waals surface area (Å²) in [7, 11) is 0.146. The monoisotopic (exact) mass is 462 g/mol. The molecule has 3 rings (SSSR count). The Hall–Kier alpha value is -3.45. The van der Waals surface area contributed by atoms with Gasteiger partial charge in [0, 0.05) is 18.7 Å². The quantitative estimate of drug-likeness (QED) is 0.496. The van der Waals surface area contributed by atoms with E-state index in [1.54, 1.807) is 49.7 Å². The van der Waals surface area contributed by atoms with Crippen molar-refractivity contribution in [3.63, 3.8) is 0 Å². The summed E-state index contributed by atoms with van der Waals surface area (Å²) in [5.41, 5.74) is 1.28. The van der Waals surface area contributed by atoms with Gasteiger partial charge in [-0.25, -0.2) is 0 Å². The van der Waals surface area contributed by atoms with Crippen molar-refractivity contribution in [1.82, 2.24) is 9.88 Å². The number of rotatable bonds is 9. The number of nitrogens with zero attached hydrogens (tertiary/aromatic N) is 1. The number of aromatic nitrogens is 1. The molecule has 1 amide bonds. The van der Waals surface area contributed by atoms with Crippen LogP contribution in [0.15, 0.2) is 77.7 Å². The maximum atomic E-state index is 13.3. The normalized spacial score (nSPS) is 12.1. The molecule has 33 heavy (non-hydrogen) atoms. The Morgan fingerprint density at radius 2 is 1.64 bits per heavy atom. The number of Topliss-reactive ketones (excluding diaryl/α,β-unsaturated/α-hetero) is 1. The molecule has 1 heterocycles. The summed E-state index contributed by atoms with van der Waals surface area (Å²) in [5.74, 6) is 0.121. The third kappa shape index (κ3) is 6.52. The largest absolute Gasteiger partial charge is 0.497 e. The smallest absolute Gasteiger partial charge is 0.250 e. The van der Waals surface area contributed by atoms with Gasteiger partial charge in [-0.2, -0.15) is 0 Å². The third-order valence-electron chi connectivity index (χ3n) is 5.49. The number of amides is 1. The van der Waals surface area contributed by atoms with E-state index in [0.717, 1.165) is 5.56 Å². The molecule has 0 aliphatic rings. The van der Waals surface area contributed by atoms with E-state index < -0.39 is 20.0 Å². The summed E-state index contributed by atoms with van der Waals surface area (Å²) in [6, 6.07) is 19.1. The molecule has 7 heteroatoms. The van der Waals surface area contributed by atoms with E-state index in [4.69, 9.17) is 4.74 Å². The van der Waals surface area contributed by atoms with E-state index in [9.17, 15) is 14.4 Å². The van der Waals surface area contributed by atoms with Gasteiger partial charge in [-0.3, -0.25) is 14.4 Å². The first-order chi connectivity index (χ1) is 15.7. The minimum absolute atomic E-state index is 0.130.